The van der Waals surface area contributed by atoms with E-state index in [1.807, 2.05) is 5.38 Å². The van der Waals surface area contributed by atoms with Crippen molar-refractivity contribution in [1.29, 1.82) is 0 Å². The van der Waals surface area contributed by atoms with Crippen LogP contribution < -0.4 is 14.9 Å². The van der Waals surface area contributed by atoms with Gasteiger partial charge in [0.2, 0.25) is 0 Å². The van der Waals surface area contributed by atoms with Crippen LogP contribution in [-0.2, 0) is 0 Å². The van der Waals surface area contributed by atoms with Gasteiger partial charge in [-0.2, -0.15) is 5.10 Å². The summed E-state index contributed by atoms with van der Waals surface area (Å²) in [6, 6.07) is 17.0. The van der Waals surface area contributed by atoms with Crippen LogP contribution in [-0.4, -0.2) is 25.2 Å². The number of nitrogens with one attached hydrogen (secondary N) is 1. The van der Waals surface area contributed by atoms with E-state index in [0.29, 0.717) is 21.9 Å². The maximum Gasteiger partial charge on any atom is 0.343 e. The van der Waals surface area contributed by atoms with Gasteiger partial charge in [-0.15, -0.1) is 11.3 Å². The molecule has 0 saturated carbocycles. The van der Waals surface area contributed by atoms with Crippen LogP contribution in [0.15, 0.2) is 71.1 Å². The molecule has 1 N–H and O–H groups in total. The molecule has 0 radical (unpaired) electrons. The minimum atomic E-state index is -0.456. The van der Waals surface area contributed by atoms with Crippen molar-refractivity contribution in [3.63, 3.8) is 0 Å². The summed E-state index contributed by atoms with van der Waals surface area (Å²) in [7, 11) is 1.56. The molecule has 1 amide bonds. The van der Waals surface area contributed by atoms with E-state index < -0.39 is 5.97 Å². The highest BCUT2D eigenvalue weighted by atomic mass is 32.1. The van der Waals surface area contributed by atoms with E-state index >= 15 is 0 Å². The summed E-state index contributed by atoms with van der Waals surface area (Å²) in [5, 5.41) is 5.74. The molecule has 27 heavy (non-hydrogen) atoms. The van der Waals surface area contributed by atoms with Gasteiger partial charge in [0, 0.05) is 0 Å². The number of thiophene rings is 1. The van der Waals surface area contributed by atoms with Gasteiger partial charge in [-0.05, 0) is 65.5 Å². The summed E-state index contributed by atoms with van der Waals surface area (Å²) < 4.78 is 10.4. The van der Waals surface area contributed by atoms with E-state index in [9.17, 15) is 9.59 Å². The molecular formula is C20H16N2O4S. The third-order valence-corrected chi connectivity index (χ3v) is 4.41. The van der Waals surface area contributed by atoms with Gasteiger partial charge in [0.1, 0.15) is 11.5 Å². The molecule has 0 aliphatic carbocycles. The molecule has 0 aliphatic rings. The molecule has 3 aromatic rings. The smallest absolute Gasteiger partial charge is 0.343 e. The fourth-order valence-corrected chi connectivity index (χ4v) is 2.76. The van der Waals surface area contributed by atoms with E-state index in [1.54, 1.807) is 67.8 Å². The van der Waals surface area contributed by atoms with Crippen molar-refractivity contribution in [2.75, 3.05) is 7.11 Å². The topological polar surface area (TPSA) is 77.0 Å². The van der Waals surface area contributed by atoms with Crippen LogP contribution in [0.1, 0.15) is 25.6 Å². The van der Waals surface area contributed by atoms with Crippen LogP contribution in [0, 0.1) is 0 Å². The second-order valence-corrected chi connectivity index (χ2v) is 6.31. The van der Waals surface area contributed by atoms with Gasteiger partial charge in [-0.1, -0.05) is 6.07 Å². The molecule has 0 spiro atoms. The molecule has 0 atom stereocenters. The molecule has 2 aromatic carbocycles. The summed E-state index contributed by atoms with van der Waals surface area (Å²) >= 11 is 1.34. The zero-order chi connectivity index (χ0) is 19.1. The number of hydrazone groups is 1. The number of esters is 1. The molecular weight excluding hydrogens is 364 g/mol. The number of nitrogens with zero attached hydrogens (tertiary/aromatic N) is 1. The van der Waals surface area contributed by atoms with E-state index in [2.05, 4.69) is 10.5 Å². The normalized spacial score (nSPS) is 10.6. The molecule has 6 nitrogen and oxygen atoms in total. The minimum absolute atomic E-state index is 0.258. The number of rotatable bonds is 6. The van der Waals surface area contributed by atoms with Crippen LogP contribution in [0.3, 0.4) is 0 Å². The lowest BCUT2D eigenvalue weighted by Gasteiger charge is -2.05. The van der Waals surface area contributed by atoms with E-state index in [1.165, 1.54) is 17.6 Å². The first-order valence-corrected chi connectivity index (χ1v) is 8.87. The number of hydrogen-bond donors (Lipinski definition) is 1. The number of ether oxygens (including phenoxy) is 2. The minimum Gasteiger partial charge on any atom is -0.497 e. The van der Waals surface area contributed by atoms with Gasteiger partial charge in [0.15, 0.2) is 0 Å². The largest absolute Gasteiger partial charge is 0.497 e. The molecule has 136 valence electrons. The molecule has 1 aromatic heterocycles. The summed E-state index contributed by atoms with van der Waals surface area (Å²) in [5.74, 6) is 0.366. The summed E-state index contributed by atoms with van der Waals surface area (Å²) in [5.41, 5.74) is 3.64. The second-order valence-electron chi connectivity index (χ2n) is 5.36. The first kappa shape index (κ1) is 18.3. The summed E-state index contributed by atoms with van der Waals surface area (Å²) in [6.07, 6.45) is 1.51. The lowest BCUT2D eigenvalue weighted by Crippen LogP contribution is -2.16. The summed E-state index contributed by atoms with van der Waals surface area (Å²) in [4.78, 5) is 24.5. The Hall–Kier alpha value is -3.45. The van der Waals surface area contributed by atoms with Gasteiger partial charge in [0.25, 0.3) is 5.91 Å². The molecule has 7 heteroatoms. The fraction of sp³-hybridized carbons (Fsp3) is 0.0500. The number of carbonyl (C=O) groups excluding carboxylic acids is 2. The highest BCUT2D eigenvalue weighted by Crippen LogP contribution is 2.16. The first-order valence-electron chi connectivity index (χ1n) is 7.99. The van der Waals surface area contributed by atoms with Crippen molar-refractivity contribution in [2.24, 2.45) is 5.10 Å². The predicted octanol–water partition coefficient (Wildman–Crippen LogP) is 3.74. The zero-order valence-electron chi connectivity index (χ0n) is 14.4. The fourth-order valence-electron chi connectivity index (χ4n) is 2.14. The Kier molecular flexibility index (Phi) is 5.96. The van der Waals surface area contributed by atoms with Gasteiger partial charge in [-0.3, -0.25) is 4.79 Å². The Labute approximate surface area is 160 Å². The highest BCUT2D eigenvalue weighted by molar-refractivity contribution is 7.12. The third-order valence-electron chi connectivity index (χ3n) is 3.54. The lowest BCUT2D eigenvalue weighted by molar-refractivity contribution is 0.0734. The maximum absolute atomic E-state index is 12.1. The Morgan fingerprint density at radius 1 is 1.00 bits per heavy atom. The van der Waals surface area contributed by atoms with Crippen LogP contribution in [0.25, 0.3) is 0 Å². The van der Waals surface area contributed by atoms with Gasteiger partial charge >= 0.3 is 5.97 Å². The van der Waals surface area contributed by atoms with Crippen LogP contribution in [0.2, 0.25) is 0 Å². The zero-order valence-corrected chi connectivity index (χ0v) is 15.2. The Morgan fingerprint density at radius 3 is 2.33 bits per heavy atom. The lowest BCUT2D eigenvalue weighted by atomic mass is 10.2. The van der Waals surface area contributed by atoms with Gasteiger partial charge < -0.3 is 9.47 Å². The number of amides is 1. The van der Waals surface area contributed by atoms with Crippen molar-refractivity contribution >= 4 is 29.4 Å². The molecule has 0 unspecified atom stereocenters. The van der Waals surface area contributed by atoms with Crippen LogP contribution in [0.4, 0.5) is 0 Å². The third kappa shape index (κ3) is 5.02. The van der Waals surface area contributed by atoms with Crippen molar-refractivity contribution in [2.45, 2.75) is 0 Å². The van der Waals surface area contributed by atoms with Crippen molar-refractivity contribution < 1.29 is 19.1 Å². The average molecular weight is 380 g/mol. The number of benzene rings is 2. The Bertz CT molecular complexity index is 933. The first-order chi connectivity index (χ1) is 13.2. The molecule has 0 aliphatic heterocycles. The predicted molar refractivity (Wildman–Crippen MR) is 104 cm³/mol. The van der Waals surface area contributed by atoms with E-state index in [-0.39, 0.29) is 5.91 Å². The van der Waals surface area contributed by atoms with Crippen LogP contribution >= 0.6 is 11.3 Å². The number of methoxy groups -OCH3 is 1. The highest BCUT2D eigenvalue weighted by Gasteiger charge is 2.08. The Balaban J connectivity index is 1.55. The van der Waals surface area contributed by atoms with Gasteiger partial charge in [-0.25, -0.2) is 10.2 Å². The standard InChI is InChI=1S/C20H16N2O4S/c1-25-16-10-6-15(7-11-16)20(24)26-17-8-4-14(5-9-17)13-21-22-19(23)18-3-2-12-27-18/h2-13H,1H3,(H,22,23)/b21-13+. The molecule has 0 fully saturated rings. The number of hydrogen-bond acceptors (Lipinski definition) is 6. The molecule has 0 bridgehead atoms. The van der Waals surface area contributed by atoms with Gasteiger partial charge in [0.05, 0.1) is 23.8 Å². The second kappa shape index (κ2) is 8.77. The van der Waals surface area contributed by atoms with Crippen molar-refractivity contribution in [3.05, 3.63) is 82.0 Å². The van der Waals surface area contributed by atoms with E-state index in [4.69, 9.17) is 9.47 Å². The SMILES string of the molecule is COc1ccc(C(=O)Oc2ccc(/C=N/NC(=O)c3cccs3)cc2)cc1. The quantitative estimate of drug-likeness (QED) is 0.306. The molecule has 3 rings (SSSR count). The summed E-state index contributed by atoms with van der Waals surface area (Å²) in [6.45, 7) is 0. The monoisotopic (exact) mass is 380 g/mol. The molecule has 1 heterocycles. The van der Waals surface area contributed by atoms with E-state index in [0.717, 1.165) is 5.56 Å². The van der Waals surface area contributed by atoms with Crippen LogP contribution in [0.5, 0.6) is 11.5 Å². The molecule has 0 saturated heterocycles. The average Bonchev–Trinajstić information content (AvgIpc) is 3.24. The van der Waals surface area contributed by atoms with Crippen molar-refractivity contribution in [1.82, 2.24) is 5.43 Å². The van der Waals surface area contributed by atoms with Crippen molar-refractivity contribution in [3.8, 4) is 11.5 Å². The number of carbonyl (C=O) groups is 2. The maximum atomic E-state index is 12.1. The Morgan fingerprint density at radius 2 is 1.70 bits per heavy atom.